The van der Waals surface area contributed by atoms with Crippen molar-refractivity contribution in [2.24, 2.45) is 5.73 Å². The van der Waals surface area contributed by atoms with Gasteiger partial charge in [0.2, 0.25) is 5.91 Å². The van der Waals surface area contributed by atoms with Crippen LogP contribution in [0.3, 0.4) is 0 Å². The zero-order chi connectivity index (χ0) is 13.5. The van der Waals surface area contributed by atoms with Gasteiger partial charge in [0.05, 0.1) is 0 Å². The average Bonchev–Trinajstić information content (AvgIpc) is 2.34. The highest BCUT2D eigenvalue weighted by Gasteiger charge is 2.16. The van der Waals surface area contributed by atoms with Crippen molar-refractivity contribution in [1.82, 2.24) is 10.2 Å². The molecule has 18 heavy (non-hydrogen) atoms. The summed E-state index contributed by atoms with van der Waals surface area (Å²) in [4.78, 5) is 23.9. The van der Waals surface area contributed by atoms with Crippen molar-refractivity contribution in [1.29, 1.82) is 0 Å². The summed E-state index contributed by atoms with van der Waals surface area (Å²) < 4.78 is 12.7. The summed E-state index contributed by atoms with van der Waals surface area (Å²) in [7, 11) is 0. The lowest BCUT2D eigenvalue weighted by Crippen LogP contribution is -2.44. The smallest absolute Gasteiger partial charge is 0.324 e. The number of amides is 3. The predicted molar refractivity (Wildman–Crippen MR) is 65.1 cm³/mol. The van der Waals surface area contributed by atoms with E-state index in [0.717, 1.165) is 10.5 Å². The Morgan fingerprint density at radius 2 is 1.94 bits per heavy atom. The summed E-state index contributed by atoms with van der Waals surface area (Å²) in [6.07, 6.45) is 0. The van der Waals surface area contributed by atoms with Crippen LogP contribution in [0.15, 0.2) is 24.3 Å². The highest BCUT2D eigenvalue weighted by molar-refractivity contribution is 5.93. The van der Waals surface area contributed by atoms with E-state index in [9.17, 15) is 14.0 Å². The highest BCUT2D eigenvalue weighted by atomic mass is 19.1. The SMILES string of the molecule is CC(=O)N(CCN)C(=O)NCc1ccc(F)cc1. The van der Waals surface area contributed by atoms with E-state index >= 15 is 0 Å². The summed E-state index contributed by atoms with van der Waals surface area (Å²) in [6, 6.07) is 5.25. The molecule has 0 fully saturated rings. The summed E-state index contributed by atoms with van der Waals surface area (Å²) in [5.41, 5.74) is 6.06. The Morgan fingerprint density at radius 3 is 2.44 bits per heavy atom. The molecule has 1 rings (SSSR count). The third-order valence-electron chi connectivity index (χ3n) is 2.33. The monoisotopic (exact) mass is 253 g/mol. The fourth-order valence-electron chi connectivity index (χ4n) is 1.41. The van der Waals surface area contributed by atoms with Gasteiger partial charge in [0.1, 0.15) is 5.82 Å². The van der Waals surface area contributed by atoms with Gasteiger partial charge in [-0.05, 0) is 17.7 Å². The van der Waals surface area contributed by atoms with Crippen LogP contribution in [-0.4, -0.2) is 29.9 Å². The zero-order valence-electron chi connectivity index (χ0n) is 10.1. The van der Waals surface area contributed by atoms with Gasteiger partial charge < -0.3 is 11.1 Å². The van der Waals surface area contributed by atoms with Crippen LogP contribution in [0, 0.1) is 5.82 Å². The molecule has 0 radical (unpaired) electrons. The maximum Gasteiger partial charge on any atom is 0.324 e. The Labute approximate surface area is 105 Å². The summed E-state index contributed by atoms with van der Waals surface area (Å²) >= 11 is 0. The second-order valence-electron chi connectivity index (χ2n) is 3.74. The first-order valence-corrected chi connectivity index (χ1v) is 5.55. The van der Waals surface area contributed by atoms with Gasteiger partial charge in [0.25, 0.3) is 0 Å². The first kappa shape index (κ1) is 14.1. The maximum atomic E-state index is 12.7. The molecule has 0 atom stereocenters. The molecule has 0 aliphatic rings. The standard InChI is InChI=1S/C12H16FN3O2/c1-9(17)16(7-6-14)12(18)15-8-10-2-4-11(13)5-3-10/h2-5H,6-8,14H2,1H3,(H,15,18). The Hall–Kier alpha value is -1.95. The fourth-order valence-corrected chi connectivity index (χ4v) is 1.41. The van der Waals surface area contributed by atoms with E-state index in [1.807, 2.05) is 0 Å². The van der Waals surface area contributed by atoms with Crippen LogP contribution in [-0.2, 0) is 11.3 Å². The Balaban J connectivity index is 2.53. The molecule has 0 saturated heterocycles. The van der Waals surface area contributed by atoms with Crippen molar-refractivity contribution >= 4 is 11.9 Å². The lowest BCUT2D eigenvalue weighted by atomic mass is 10.2. The molecular weight excluding hydrogens is 237 g/mol. The maximum absolute atomic E-state index is 12.7. The highest BCUT2D eigenvalue weighted by Crippen LogP contribution is 2.02. The summed E-state index contributed by atoms with van der Waals surface area (Å²) in [5.74, 6) is -0.698. The number of hydrogen-bond donors (Lipinski definition) is 2. The van der Waals surface area contributed by atoms with Gasteiger partial charge in [-0.1, -0.05) is 12.1 Å². The molecule has 1 aromatic rings. The van der Waals surface area contributed by atoms with Crippen LogP contribution in [0.2, 0.25) is 0 Å². The minimum atomic E-state index is -0.503. The molecule has 0 aromatic heterocycles. The van der Waals surface area contributed by atoms with E-state index in [1.165, 1.54) is 19.1 Å². The Kier molecular flexibility index (Phi) is 5.26. The van der Waals surface area contributed by atoms with Crippen LogP contribution < -0.4 is 11.1 Å². The van der Waals surface area contributed by atoms with Gasteiger partial charge >= 0.3 is 6.03 Å². The number of rotatable bonds is 4. The third-order valence-corrected chi connectivity index (χ3v) is 2.33. The second-order valence-corrected chi connectivity index (χ2v) is 3.74. The molecule has 6 heteroatoms. The number of benzene rings is 1. The zero-order valence-corrected chi connectivity index (χ0v) is 10.1. The quantitative estimate of drug-likeness (QED) is 0.835. The molecule has 1 aromatic carbocycles. The summed E-state index contributed by atoms with van der Waals surface area (Å²) in [6.45, 7) is 1.91. The van der Waals surface area contributed by atoms with Crippen molar-refractivity contribution in [3.05, 3.63) is 35.6 Å². The predicted octanol–water partition coefficient (Wildman–Crippen LogP) is 0.842. The molecule has 3 N–H and O–H groups in total. The molecular formula is C12H16FN3O2. The lowest BCUT2D eigenvalue weighted by molar-refractivity contribution is -0.125. The number of nitrogens with one attached hydrogen (secondary N) is 1. The van der Waals surface area contributed by atoms with Gasteiger partial charge in [-0.3, -0.25) is 9.69 Å². The van der Waals surface area contributed by atoms with Gasteiger partial charge in [-0.2, -0.15) is 0 Å². The van der Waals surface area contributed by atoms with E-state index < -0.39 is 6.03 Å². The summed E-state index contributed by atoms with van der Waals surface area (Å²) in [5, 5.41) is 2.57. The fraction of sp³-hybridized carbons (Fsp3) is 0.333. The van der Waals surface area contributed by atoms with Crippen LogP contribution in [0.5, 0.6) is 0 Å². The molecule has 0 aliphatic carbocycles. The normalized spacial score (nSPS) is 9.94. The number of nitrogens with two attached hydrogens (primary N) is 1. The van der Waals surface area contributed by atoms with E-state index in [1.54, 1.807) is 12.1 Å². The molecule has 98 valence electrons. The van der Waals surface area contributed by atoms with Crippen LogP contribution in [0.25, 0.3) is 0 Å². The minimum Gasteiger partial charge on any atom is -0.334 e. The number of imide groups is 1. The largest absolute Gasteiger partial charge is 0.334 e. The topological polar surface area (TPSA) is 75.4 Å². The third kappa shape index (κ3) is 4.14. The first-order valence-electron chi connectivity index (χ1n) is 5.55. The lowest BCUT2D eigenvalue weighted by Gasteiger charge is -2.18. The molecule has 0 bridgehead atoms. The molecule has 0 spiro atoms. The van der Waals surface area contributed by atoms with Gasteiger partial charge in [0.15, 0.2) is 0 Å². The Morgan fingerprint density at radius 1 is 1.33 bits per heavy atom. The number of halogens is 1. The van der Waals surface area contributed by atoms with Gasteiger partial charge in [-0.25, -0.2) is 9.18 Å². The number of carbonyl (C=O) groups excluding carboxylic acids is 2. The average molecular weight is 253 g/mol. The van der Waals surface area contributed by atoms with Crippen molar-refractivity contribution in [2.75, 3.05) is 13.1 Å². The number of hydrogen-bond acceptors (Lipinski definition) is 3. The van der Waals surface area contributed by atoms with E-state index in [4.69, 9.17) is 5.73 Å². The number of carbonyl (C=O) groups is 2. The van der Waals surface area contributed by atoms with Crippen LogP contribution in [0.1, 0.15) is 12.5 Å². The minimum absolute atomic E-state index is 0.171. The van der Waals surface area contributed by atoms with Gasteiger partial charge in [0, 0.05) is 26.6 Å². The van der Waals surface area contributed by atoms with Crippen LogP contribution >= 0.6 is 0 Å². The molecule has 5 nitrogen and oxygen atoms in total. The Bertz CT molecular complexity index is 420. The first-order chi connectivity index (χ1) is 8.54. The molecule has 3 amide bonds. The number of urea groups is 1. The van der Waals surface area contributed by atoms with E-state index in [0.29, 0.717) is 0 Å². The van der Waals surface area contributed by atoms with Crippen molar-refractivity contribution in [3.63, 3.8) is 0 Å². The van der Waals surface area contributed by atoms with Crippen molar-refractivity contribution in [3.8, 4) is 0 Å². The van der Waals surface area contributed by atoms with E-state index in [-0.39, 0.29) is 31.4 Å². The molecule has 0 saturated carbocycles. The van der Waals surface area contributed by atoms with Crippen molar-refractivity contribution < 1.29 is 14.0 Å². The van der Waals surface area contributed by atoms with Crippen LogP contribution in [0.4, 0.5) is 9.18 Å². The van der Waals surface area contributed by atoms with Gasteiger partial charge in [-0.15, -0.1) is 0 Å². The van der Waals surface area contributed by atoms with E-state index in [2.05, 4.69) is 5.32 Å². The molecule has 0 aliphatic heterocycles. The van der Waals surface area contributed by atoms with Crippen molar-refractivity contribution in [2.45, 2.75) is 13.5 Å². The molecule has 0 unspecified atom stereocenters. The molecule has 0 heterocycles. The second kappa shape index (κ2) is 6.70. The number of nitrogens with zero attached hydrogens (tertiary/aromatic N) is 1.